The molecule has 7 heteroatoms. The van der Waals surface area contributed by atoms with Crippen LogP contribution in [0.3, 0.4) is 0 Å². The first-order valence-corrected chi connectivity index (χ1v) is 9.72. The molecule has 0 fully saturated rings. The molecular formula is C12H28O5Si2. The van der Waals surface area contributed by atoms with Crippen molar-refractivity contribution in [3.63, 3.8) is 0 Å². The van der Waals surface area contributed by atoms with Gasteiger partial charge in [0.2, 0.25) is 0 Å². The topological polar surface area (TPSA) is 57.2 Å². The van der Waals surface area contributed by atoms with Crippen LogP contribution < -0.4 is 0 Å². The molecule has 2 radical (unpaired) electrons. The molecule has 0 aliphatic carbocycles. The van der Waals surface area contributed by atoms with Gasteiger partial charge in [0.15, 0.2) is 0 Å². The summed E-state index contributed by atoms with van der Waals surface area (Å²) >= 11 is 0. The molecule has 1 N–H and O–H groups in total. The largest absolute Gasteiger partial charge is 0.670 e. The molecule has 0 aromatic carbocycles. The highest BCUT2D eigenvalue weighted by atomic mass is 28.4. The molecule has 114 valence electrons. The lowest BCUT2D eigenvalue weighted by molar-refractivity contribution is -0.00440. The molecule has 0 atom stereocenters. The molecule has 0 saturated heterocycles. The summed E-state index contributed by atoms with van der Waals surface area (Å²) in [5, 5.41) is 0. The van der Waals surface area contributed by atoms with Crippen LogP contribution in [-0.4, -0.2) is 43.7 Å². The van der Waals surface area contributed by atoms with Crippen molar-refractivity contribution in [1.82, 2.24) is 0 Å². The zero-order valence-corrected chi connectivity index (χ0v) is 14.4. The minimum absolute atomic E-state index is 0.547. The third-order valence-electron chi connectivity index (χ3n) is 2.50. The summed E-state index contributed by atoms with van der Waals surface area (Å²) in [7, 11) is -3.81. The molecule has 0 aliphatic heterocycles. The van der Waals surface area contributed by atoms with Crippen LogP contribution in [0.25, 0.3) is 0 Å². The summed E-state index contributed by atoms with van der Waals surface area (Å²) in [6.45, 7) is 7.92. The molecule has 5 nitrogen and oxygen atoms in total. The highest BCUT2D eigenvalue weighted by molar-refractivity contribution is 6.58. The lowest BCUT2D eigenvalue weighted by Crippen LogP contribution is -2.50. The Hall–Kier alpha value is 0.234. The first-order valence-electron chi connectivity index (χ1n) is 7.23. The molecule has 0 bridgehead atoms. The van der Waals surface area contributed by atoms with Gasteiger partial charge in [0, 0.05) is 19.8 Å². The van der Waals surface area contributed by atoms with Crippen LogP contribution in [0.1, 0.15) is 59.3 Å². The van der Waals surface area contributed by atoms with Crippen molar-refractivity contribution in [3.8, 4) is 0 Å². The van der Waals surface area contributed by atoms with Gasteiger partial charge in [-0.3, -0.25) is 0 Å². The number of hydrogen-bond acceptors (Lipinski definition) is 5. The van der Waals surface area contributed by atoms with Gasteiger partial charge in [0.1, 0.15) is 0 Å². The smallest absolute Gasteiger partial charge is 0.409 e. The van der Waals surface area contributed by atoms with Crippen molar-refractivity contribution in [2.75, 3.05) is 19.8 Å². The van der Waals surface area contributed by atoms with Gasteiger partial charge in [-0.2, -0.15) is 0 Å². The lowest BCUT2D eigenvalue weighted by Gasteiger charge is -2.27. The van der Waals surface area contributed by atoms with Gasteiger partial charge >= 0.3 is 19.1 Å². The maximum Gasteiger partial charge on any atom is 0.670 e. The van der Waals surface area contributed by atoms with E-state index in [2.05, 4.69) is 20.8 Å². The Bertz CT molecular complexity index is 168. The van der Waals surface area contributed by atoms with Crippen LogP contribution in [0.4, 0.5) is 0 Å². The second-order valence-electron chi connectivity index (χ2n) is 4.30. The second-order valence-corrected chi connectivity index (χ2v) is 7.16. The summed E-state index contributed by atoms with van der Waals surface area (Å²) in [5.74, 6) is 0. The van der Waals surface area contributed by atoms with Crippen LogP contribution in [0.2, 0.25) is 0 Å². The Morgan fingerprint density at radius 2 is 1.16 bits per heavy atom. The van der Waals surface area contributed by atoms with Gasteiger partial charge in [-0.05, 0) is 19.3 Å². The van der Waals surface area contributed by atoms with E-state index in [9.17, 15) is 0 Å². The third-order valence-corrected chi connectivity index (χ3v) is 5.54. The van der Waals surface area contributed by atoms with Crippen LogP contribution in [0, 0.1) is 0 Å². The van der Waals surface area contributed by atoms with Crippen molar-refractivity contribution < 1.29 is 22.2 Å². The average molecular weight is 309 g/mol. The Morgan fingerprint density at radius 3 is 1.42 bits per heavy atom. The molecule has 0 saturated carbocycles. The predicted molar refractivity (Wildman–Crippen MR) is 77.4 cm³/mol. The van der Waals surface area contributed by atoms with E-state index >= 15 is 0 Å². The van der Waals surface area contributed by atoms with Crippen molar-refractivity contribution in [2.24, 2.45) is 0 Å². The highest BCUT2D eigenvalue weighted by Gasteiger charge is 2.45. The maximum absolute atomic E-state index is 9.07. The zero-order valence-electron chi connectivity index (χ0n) is 12.4. The van der Waals surface area contributed by atoms with E-state index in [-0.39, 0.29) is 0 Å². The van der Waals surface area contributed by atoms with Crippen LogP contribution >= 0.6 is 0 Å². The standard InChI is InChI=1S/C12H28O5Si2/c1-4-7-10-14-19(17-18-13,15-11-8-5-2)16-12-9-6-3/h13H,4-12H2,1-3H3. The minimum Gasteiger partial charge on any atom is -0.409 e. The normalized spacial score (nSPS) is 12.0. The van der Waals surface area contributed by atoms with E-state index in [1.165, 1.54) is 0 Å². The van der Waals surface area contributed by atoms with Crippen molar-refractivity contribution in [1.29, 1.82) is 0 Å². The Balaban J connectivity index is 4.37. The molecule has 0 spiro atoms. The molecule has 0 aromatic rings. The zero-order chi connectivity index (χ0) is 14.4. The van der Waals surface area contributed by atoms with Gasteiger partial charge in [-0.25, -0.2) is 0 Å². The van der Waals surface area contributed by atoms with Crippen molar-refractivity contribution >= 4 is 19.1 Å². The summed E-state index contributed by atoms with van der Waals surface area (Å²) in [6, 6.07) is 0. The molecule has 0 amide bonds. The SMILES string of the molecule is CCCCO[Si](OCCCC)(OCCCC)O[Si]O. The number of unbranched alkanes of at least 4 members (excludes halogenated alkanes) is 3. The average Bonchev–Trinajstić information content (AvgIpc) is 2.40. The van der Waals surface area contributed by atoms with Gasteiger partial charge in [-0.1, -0.05) is 40.0 Å². The molecule has 0 aliphatic rings. The molecule has 19 heavy (non-hydrogen) atoms. The summed E-state index contributed by atoms with van der Waals surface area (Å²) < 4.78 is 22.5. The molecule has 0 unspecified atom stereocenters. The van der Waals surface area contributed by atoms with Crippen LogP contribution in [-0.2, 0) is 17.4 Å². The monoisotopic (exact) mass is 308 g/mol. The molecule has 0 heterocycles. The van der Waals surface area contributed by atoms with E-state index in [0.29, 0.717) is 19.8 Å². The molecule has 0 aromatic heterocycles. The van der Waals surface area contributed by atoms with Crippen LogP contribution in [0.15, 0.2) is 0 Å². The number of hydrogen-bond donors (Lipinski definition) is 1. The Labute approximate surface area is 121 Å². The fourth-order valence-electron chi connectivity index (χ4n) is 1.29. The van der Waals surface area contributed by atoms with E-state index in [1.807, 2.05) is 0 Å². The van der Waals surface area contributed by atoms with E-state index in [4.69, 9.17) is 22.2 Å². The third kappa shape index (κ3) is 9.72. The van der Waals surface area contributed by atoms with E-state index in [1.54, 1.807) is 0 Å². The number of rotatable bonds is 14. The second kappa shape index (κ2) is 13.2. The van der Waals surface area contributed by atoms with Gasteiger partial charge in [0.05, 0.1) is 0 Å². The lowest BCUT2D eigenvalue weighted by atomic mass is 10.4. The van der Waals surface area contributed by atoms with E-state index in [0.717, 1.165) is 38.5 Å². The Morgan fingerprint density at radius 1 is 0.789 bits per heavy atom. The van der Waals surface area contributed by atoms with Gasteiger partial charge < -0.3 is 22.2 Å². The fourth-order valence-corrected chi connectivity index (χ4v) is 3.88. The summed E-state index contributed by atoms with van der Waals surface area (Å²) in [4.78, 5) is 9.07. The van der Waals surface area contributed by atoms with Crippen molar-refractivity contribution in [3.05, 3.63) is 0 Å². The fraction of sp³-hybridized carbons (Fsp3) is 1.00. The predicted octanol–water partition coefficient (Wildman–Crippen LogP) is 2.42. The first kappa shape index (κ1) is 19.2. The van der Waals surface area contributed by atoms with Gasteiger partial charge in [0.25, 0.3) is 0 Å². The maximum atomic E-state index is 9.07. The molecule has 0 rings (SSSR count). The first-order chi connectivity index (χ1) is 9.24. The summed E-state index contributed by atoms with van der Waals surface area (Å²) in [6.07, 6.45) is 5.91. The molecular weight excluding hydrogens is 280 g/mol. The van der Waals surface area contributed by atoms with Crippen molar-refractivity contribution in [2.45, 2.75) is 59.3 Å². The van der Waals surface area contributed by atoms with E-state index < -0.39 is 19.1 Å². The van der Waals surface area contributed by atoms with Gasteiger partial charge in [-0.15, -0.1) is 0 Å². The quantitative estimate of drug-likeness (QED) is 0.394. The van der Waals surface area contributed by atoms with Crippen LogP contribution in [0.5, 0.6) is 0 Å². The minimum atomic E-state index is -3.14. The summed E-state index contributed by atoms with van der Waals surface area (Å²) in [5.41, 5.74) is 0. The highest BCUT2D eigenvalue weighted by Crippen LogP contribution is 2.14. The Kier molecular flexibility index (Phi) is 13.4.